The third-order valence-corrected chi connectivity index (χ3v) is 3.87. The Morgan fingerprint density at radius 3 is 2.67 bits per heavy atom. The lowest BCUT2D eigenvalue weighted by molar-refractivity contribution is 0.523. The molecule has 1 heterocycles. The van der Waals surface area contributed by atoms with Crippen molar-refractivity contribution in [3.63, 3.8) is 0 Å². The van der Waals surface area contributed by atoms with E-state index in [9.17, 15) is 0 Å². The zero-order chi connectivity index (χ0) is 12.8. The molecule has 1 saturated carbocycles. The zero-order valence-electron chi connectivity index (χ0n) is 11.7. The summed E-state index contributed by atoms with van der Waals surface area (Å²) in [6.07, 6.45) is 7.33. The SMILES string of the molecule is CCN(CC)c1ncccc1CNC1CCCC1. The average Bonchev–Trinajstić information content (AvgIpc) is 2.92. The lowest BCUT2D eigenvalue weighted by atomic mass is 10.2. The maximum absolute atomic E-state index is 4.55. The van der Waals surface area contributed by atoms with E-state index in [0.29, 0.717) is 0 Å². The van der Waals surface area contributed by atoms with E-state index in [1.807, 2.05) is 12.3 Å². The molecule has 1 fully saturated rings. The molecule has 0 atom stereocenters. The first kappa shape index (κ1) is 13.3. The molecule has 100 valence electrons. The Kier molecular flexibility index (Phi) is 5.00. The van der Waals surface area contributed by atoms with Crippen LogP contribution < -0.4 is 10.2 Å². The zero-order valence-corrected chi connectivity index (χ0v) is 11.7. The standard InChI is InChI=1S/C15H25N3/c1-3-18(4-2)15-13(8-7-11-16-15)12-17-14-9-5-6-10-14/h7-8,11,14,17H,3-6,9-10,12H2,1-2H3. The maximum atomic E-state index is 4.55. The van der Waals surface area contributed by atoms with Crippen LogP contribution in [-0.4, -0.2) is 24.1 Å². The van der Waals surface area contributed by atoms with Crippen molar-refractivity contribution < 1.29 is 0 Å². The van der Waals surface area contributed by atoms with E-state index in [1.165, 1.54) is 31.2 Å². The Morgan fingerprint density at radius 1 is 1.28 bits per heavy atom. The Bertz CT molecular complexity index is 355. The number of hydrogen-bond acceptors (Lipinski definition) is 3. The van der Waals surface area contributed by atoms with E-state index < -0.39 is 0 Å². The van der Waals surface area contributed by atoms with Gasteiger partial charge in [-0.15, -0.1) is 0 Å². The van der Waals surface area contributed by atoms with E-state index in [4.69, 9.17) is 0 Å². The van der Waals surface area contributed by atoms with Crippen molar-refractivity contribution in [1.82, 2.24) is 10.3 Å². The molecule has 1 aliphatic carbocycles. The number of nitrogens with zero attached hydrogens (tertiary/aromatic N) is 2. The van der Waals surface area contributed by atoms with Gasteiger partial charge < -0.3 is 10.2 Å². The lowest BCUT2D eigenvalue weighted by Gasteiger charge is -2.23. The molecule has 1 aromatic rings. The second-order valence-corrected chi connectivity index (χ2v) is 5.02. The van der Waals surface area contributed by atoms with E-state index in [2.05, 4.69) is 35.1 Å². The molecule has 1 aliphatic rings. The molecule has 0 aromatic carbocycles. The second-order valence-electron chi connectivity index (χ2n) is 5.02. The predicted octanol–water partition coefficient (Wildman–Crippen LogP) is 2.96. The first-order chi connectivity index (χ1) is 8.85. The van der Waals surface area contributed by atoms with Gasteiger partial charge in [-0.3, -0.25) is 0 Å². The van der Waals surface area contributed by atoms with E-state index in [-0.39, 0.29) is 0 Å². The molecule has 0 spiro atoms. The van der Waals surface area contributed by atoms with Gasteiger partial charge in [0.2, 0.25) is 0 Å². The highest BCUT2D eigenvalue weighted by Gasteiger charge is 2.15. The van der Waals surface area contributed by atoms with Gasteiger partial charge in [0.1, 0.15) is 5.82 Å². The van der Waals surface area contributed by atoms with Gasteiger partial charge in [-0.25, -0.2) is 4.98 Å². The van der Waals surface area contributed by atoms with Crippen molar-refractivity contribution in [2.24, 2.45) is 0 Å². The molecule has 0 saturated heterocycles. The summed E-state index contributed by atoms with van der Waals surface area (Å²) in [5.41, 5.74) is 1.33. The van der Waals surface area contributed by atoms with Crippen LogP contribution in [0, 0.1) is 0 Å². The molecule has 0 radical (unpaired) electrons. The number of anilines is 1. The third kappa shape index (κ3) is 3.22. The number of nitrogens with one attached hydrogen (secondary N) is 1. The van der Waals surface area contributed by atoms with Gasteiger partial charge in [-0.1, -0.05) is 18.9 Å². The molecular formula is C15H25N3. The number of rotatable bonds is 6. The quantitative estimate of drug-likeness (QED) is 0.837. The van der Waals surface area contributed by atoms with Gasteiger partial charge in [0.05, 0.1) is 0 Å². The van der Waals surface area contributed by atoms with Crippen molar-refractivity contribution in [2.75, 3.05) is 18.0 Å². The summed E-state index contributed by atoms with van der Waals surface area (Å²) in [4.78, 5) is 6.88. The van der Waals surface area contributed by atoms with Gasteiger partial charge in [-0.05, 0) is 32.8 Å². The van der Waals surface area contributed by atoms with Gasteiger partial charge >= 0.3 is 0 Å². The minimum Gasteiger partial charge on any atom is -0.357 e. The first-order valence-electron chi connectivity index (χ1n) is 7.27. The molecule has 3 heteroatoms. The number of aromatic nitrogens is 1. The summed E-state index contributed by atoms with van der Waals surface area (Å²) in [5.74, 6) is 1.15. The molecule has 1 N–H and O–H groups in total. The normalized spacial score (nSPS) is 16.1. The fourth-order valence-corrected chi connectivity index (χ4v) is 2.76. The molecule has 3 nitrogen and oxygen atoms in total. The Hall–Kier alpha value is -1.09. The summed E-state index contributed by atoms with van der Waals surface area (Å²) in [7, 11) is 0. The third-order valence-electron chi connectivity index (χ3n) is 3.87. The van der Waals surface area contributed by atoms with Crippen LogP contribution in [0.3, 0.4) is 0 Å². The number of hydrogen-bond donors (Lipinski definition) is 1. The summed E-state index contributed by atoms with van der Waals surface area (Å²) in [6, 6.07) is 4.95. The van der Waals surface area contributed by atoms with Crippen molar-refractivity contribution in [2.45, 2.75) is 52.1 Å². The molecule has 0 bridgehead atoms. The Balaban J connectivity index is 2.01. The van der Waals surface area contributed by atoms with E-state index in [1.54, 1.807) is 0 Å². The summed E-state index contributed by atoms with van der Waals surface area (Å²) in [5, 5.41) is 3.67. The average molecular weight is 247 g/mol. The fourth-order valence-electron chi connectivity index (χ4n) is 2.76. The van der Waals surface area contributed by atoms with Crippen molar-refractivity contribution in [3.8, 4) is 0 Å². The number of pyridine rings is 1. The van der Waals surface area contributed by atoms with Gasteiger partial charge in [0.15, 0.2) is 0 Å². The molecule has 2 rings (SSSR count). The molecule has 0 amide bonds. The highest BCUT2D eigenvalue weighted by atomic mass is 15.2. The monoisotopic (exact) mass is 247 g/mol. The lowest BCUT2D eigenvalue weighted by Crippen LogP contribution is -2.29. The molecule has 0 unspecified atom stereocenters. The van der Waals surface area contributed by atoms with E-state index >= 15 is 0 Å². The van der Waals surface area contributed by atoms with Crippen LogP contribution in [0.25, 0.3) is 0 Å². The van der Waals surface area contributed by atoms with Crippen LogP contribution >= 0.6 is 0 Å². The molecule has 1 aromatic heterocycles. The van der Waals surface area contributed by atoms with Crippen molar-refractivity contribution in [1.29, 1.82) is 0 Å². The topological polar surface area (TPSA) is 28.2 Å². The predicted molar refractivity (Wildman–Crippen MR) is 76.9 cm³/mol. The summed E-state index contributed by atoms with van der Waals surface area (Å²) in [6.45, 7) is 7.36. The Labute approximate surface area is 111 Å². The van der Waals surface area contributed by atoms with E-state index in [0.717, 1.165) is 31.5 Å². The highest BCUT2D eigenvalue weighted by molar-refractivity contribution is 5.46. The van der Waals surface area contributed by atoms with Gasteiger partial charge in [-0.2, -0.15) is 0 Å². The largest absolute Gasteiger partial charge is 0.357 e. The maximum Gasteiger partial charge on any atom is 0.132 e. The van der Waals surface area contributed by atoms with Gasteiger partial charge in [0, 0.05) is 37.4 Å². The minimum absolute atomic E-state index is 0.717. The van der Waals surface area contributed by atoms with Crippen LogP contribution in [0.2, 0.25) is 0 Å². The molecular weight excluding hydrogens is 222 g/mol. The summed E-state index contributed by atoms with van der Waals surface area (Å²) >= 11 is 0. The van der Waals surface area contributed by atoms with Crippen molar-refractivity contribution in [3.05, 3.63) is 23.9 Å². The van der Waals surface area contributed by atoms with Gasteiger partial charge in [0.25, 0.3) is 0 Å². The summed E-state index contributed by atoms with van der Waals surface area (Å²) < 4.78 is 0. The smallest absolute Gasteiger partial charge is 0.132 e. The minimum atomic E-state index is 0.717. The van der Waals surface area contributed by atoms with Crippen LogP contribution in [0.1, 0.15) is 45.1 Å². The fraction of sp³-hybridized carbons (Fsp3) is 0.667. The van der Waals surface area contributed by atoms with Crippen LogP contribution in [-0.2, 0) is 6.54 Å². The second kappa shape index (κ2) is 6.74. The van der Waals surface area contributed by atoms with Crippen molar-refractivity contribution >= 4 is 5.82 Å². The van der Waals surface area contributed by atoms with Crippen LogP contribution in [0.4, 0.5) is 5.82 Å². The first-order valence-corrected chi connectivity index (χ1v) is 7.27. The highest BCUT2D eigenvalue weighted by Crippen LogP contribution is 2.20. The molecule has 0 aliphatic heterocycles. The Morgan fingerprint density at radius 2 is 2.00 bits per heavy atom. The van der Waals surface area contributed by atoms with Crippen LogP contribution in [0.15, 0.2) is 18.3 Å². The molecule has 18 heavy (non-hydrogen) atoms. The van der Waals surface area contributed by atoms with Crippen LogP contribution in [0.5, 0.6) is 0 Å².